The van der Waals surface area contributed by atoms with Gasteiger partial charge in [-0.15, -0.1) is 11.3 Å². The number of carboxylic acid groups (broad SMARTS) is 1. The number of nitrogens with one attached hydrogen (secondary N) is 2. The summed E-state index contributed by atoms with van der Waals surface area (Å²) >= 11 is 0.991. The molecule has 2 rings (SSSR count). The van der Waals surface area contributed by atoms with E-state index in [9.17, 15) is 23.9 Å². The highest BCUT2D eigenvalue weighted by molar-refractivity contribution is 7.17. The van der Waals surface area contributed by atoms with Crippen LogP contribution >= 0.6 is 11.3 Å². The van der Waals surface area contributed by atoms with Crippen LogP contribution in [0.15, 0.2) is 24.3 Å². The Morgan fingerprint density at radius 2 is 2.04 bits per heavy atom. The summed E-state index contributed by atoms with van der Waals surface area (Å²) in [4.78, 5) is 38.9. The van der Waals surface area contributed by atoms with Gasteiger partial charge in [0.25, 0.3) is 5.91 Å². The van der Waals surface area contributed by atoms with E-state index in [1.54, 1.807) is 25.1 Å². The largest absolute Gasteiger partial charge is 0.480 e. The number of carbonyl (C=O) groups excluding carboxylic acids is 2. The lowest BCUT2D eigenvalue weighted by molar-refractivity contribution is -0.139. The smallest absolute Gasteiger partial charge is 0.326 e. The Labute approximate surface area is 158 Å². The standard InChI is InChI=1S/C17H19FN4O4S/c1-9-13(27-15(21-9)10-5-2-3-6-11(10)18)14(23)22-12(16(24)25)7-4-8-20-17(19)26/h2-3,5-6,12H,4,7-8H2,1H3,(H,22,23)(H,24,25)(H3,19,20,26). The van der Waals surface area contributed by atoms with Crippen LogP contribution in [0.5, 0.6) is 0 Å². The summed E-state index contributed by atoms with van der Waals surface area (Å²) < 4.78 is 13.9. The first kappa shape index (κ1) is 20.3. The van der Waals surface area contributed by atoms with Crippen LogP contribution in [0.2, 0.25) is 0 Å². The molecular formula is C17H19FN4O4S. The number of aromatic nitrogens is 1. The van der Waals surface area contributed by atoms with Gasteiger partial charge in [-0.25, -0.2) is 19.0 Å². The second-order valence-corrected chi connectivity index (χ2v) is 6.71. The molecule has 0 radical (unpaired) electrons. The van der Waals surface area contributed by atoms with Gasteiger partial charge in [0.05, 0.1) is 5.69 Å². The highest BCUT2D eigenvalue weighted by Gasteiger charge is 2.24. The van der Waals surface area contributed by atoms with Gasteiger partial charge in [0.2, 0.25) is 0 Å². The minimum Gasteiger partial charge on any atom is -0.480 e. The molecule has 5 N–H and O–H groups in total. The van der Waals surface area contributed by atoms with Gasteiger partial charge in [-0.05, 0) is 31.9 Å². The fourth-order valence-corrected chi connectivity index (χ4v) is 3.35. The normalized spacial score (nSPS) is 11.6. The van der Waals surface area contributed by atoms with Crippen molar-refractivity contribution in [2.45, 2.75) is 25.8 Å². The molecule has 0 saturated heterocycles. The second kappa shape index (κ2) is 9.08. The maximum Gasteiger partial charge on any atom is 0.326 e. The third kappa shape index (κ3) is 5.48. The number of nitrogens with zero attached hydrogens (tertiary/aromatic N) is 1. The van der Waals surface area contributed by atoms with Crippen molar-refractivity contribution >= 4 is 29.2 Å². The van der Waals surface area contributed by atoms with Crippen LogP contribution < -0.4 is 16.4 Å². The van der Waals surface area contributed by atoms with E-state index in [0.29, 0.717) is 17.1 Å². The molecule has 27 heavy (non-hydrogen) atoms. The predicted octanol–water partition coefficient (Wildman–Crippen LogP) is 1.89. The molecule has 10 heteroatoms. The maximum atomic E-state index is 13.9. The Balaban J connectivity index is 2.08. The molecule has 144 valence electrons. The van der Waals surface area contributed by atoms with Crippen LogP contribution in [0.1, 0.15) is 28.2 Å². The summed E-state index contributed by atoms with van der Waals surface area (Å²) in [7, 11) is 0. The highest BCUT2D eigenvalue weighted by Crippen LogP contribution is 2.29. The number of nitrogens with two attached hydrogens (primary N) is 1. The number of amides is 3. The molecule has 1 aromatic carbocycles. The van der Waals surface area contributed by atoms with Gasteiger partial charge >= 0.3 is 12.0 Å². The van der Waals surface area contributed by atoms with Gasteiger partial charge in [0.1, 0.15) is 21.7 Å². The Bertz CT molecular complexity index is 855. The van der Waals surface area contributed by atoms with Gasteiger partial charge in [-0.1, -0.05) is 12.1 Å². The number of aryl methyl sites for hydroxylation is 1. The van der Waals surface area contributed by atoms with Gasteiger partial charge in [-0.2, -0.15) is 0 Å². The van der Waals surface area contributed by atoms with Gasteiger partial charge in [0.15, 0.2) is 0 Å². The topological polar surface area (TPSA) is 134 Å². The summed E-state index contributed by atoms with van der Waals surface area (Å²) in [5.74, 6) is -2.25. The first-order valence-corrected chi connectivity index (χ1v) is 8.90. The molecule has 0 aliphatic heterocycles. The van der Waals surface area contributed by atoms with Crippen molar-refractivity contribution < 1.29 is 23.9 Å². The minimum absolute atomic E-state index is 0.110. The molecule has 0 bridgehead atoms. The first-order chi connectivity index (χ1) is 12.8. The fourth-order valence-electron chi connectivity index (χ4n) is 2.36. The third-order valence-corrected chi connectivity index (χ3v) is 4.87. The average Bonchev–Trinajstić information content (AvgIpc) is 2.99. The second-order valence-electron chi connectivity index (χ2n) is 5.71. The Morgan fingerprint density at radius 3 is 2.67 bits per heavy atom. The van der Waals surface area contributed by atoms with Crippen molar-refractivity contribution in [1.29, 1.82) is 0 Å². The molecule has 1 unspecified atom stereocenters. The Hall–Kier alpha value is -3.01. The van der Waals surface area contributed by atoms with E-state index in [1.807, 2.05) is 0 Å². The zero-order valence-electron chi connectivity index (χ0n) is 14.5. The zero-order chi connectivity index (χ0) is 20.0. The number of hydrogen-bond acceptors (Lipinski definition) is 5. The minimum atomic E-state index is -1.20. The zero-order valence-corrected chi connectivity index (χ0v) is 15.3. The Morgan fingerprint density at radius 1 is 1.33 bits per heavy atom. The van der Waals surface area contributed by atoms with Crippen LogP contribution in [0.3, 0.4) is 0 Å². The van der Waals surface area contributed by atoms with Gasteiger partial charge in [0, 0.05) is 12.1 Å². The van der Waals surface area contributed by atoms with Crippen LogP contribution in [0, 0.1) is 12.7 Å². The number of hydrogen-bond donors (Lipinski definition) is 4. The molecule has 1 aromatic heterocycles. The first-order valence-electron chi connectivity index (χ1n) is 8.09. The fraction of sp³-hybridized carbons (Fsp3) is 0.294. The lowest BCUT2D eigenvalue weighted by atomic mass is 10.1. The van der Waals surface area contributed by atoms with Crippen molar-refractivity contribution in [2.75, 3.05) is 6.54 Å². The number of thiazole rings is 1. The van der Waals surface area contributed by atoms with E-state index >= 15 is 0 Å². The predicted molar refractivity (Wildman–Crippen MR) is 98.0 cm³/mol. The SMILES string of the molecule is Cc1nc(-c2ccccc2F)sc1C(=O)NC(CCCNC(N)=O)C(=O)O. The summed E-state index contributed by atoms with van der Waals surface area (Å²) in [6.45, 7) is 1.80. The van der Waals surface area contributed by atoms with Crippen molar-refractivity contribution in [3.05, 3.63) is 40.7 Å². The number of urea groups is 1. The Kier molecular flexibility index (Phi) is 6.83. The number of halogens is 1. The van der Waals surface area contributed by atoms with E-state index in [2.05, 4.69) is 15.6 Å². The number of carboxylic acids is 1. The molecule has 0 aliphatic carbocycles. The molecule has 3 amide bonds. The van der Waals surface area contributed by atoms with Crippen LogP contribution in [0.25, 0.3) is 10.6 Å². The van der Waals surface area contributed by atoms with E-state index in [4.69, 9.17) is 5.73 Å². The van der Waals surface area contributed by atoms with E-state index < -0.39 is 29.8 Å². The van der Waals surface area contributed by atoms with Gasteiger partial charge in [-0.3, -0.25) is 4.79 Å². The number of rotatable bonds is 8. The van der Waals surface area contributed by atoms with Crippen LogP contribution in [-0.2, 0) is 4.79 Å². The average molecular weight is 394 g/mol. The van der Waals surface area contributed by atoms with Crippen molar-refractivity contribution in [3.8, 4) is 10.6 Å². The summed E-state index contributed by atoms with van der Waals surface area (Å²) in [5, 5.41) is 14.4. The van der Waals surface area contributed by atoms with Crippen LogP contribution in [0.4, 0.5) is 9.18 Å². The molecule has 2 aromatic rings. The highest BCUT2D eigenvalue weighted by atomic mass is 32.1. The molecule has 1 atom stereocenters. The quantitative estimate of drug-likeness (QED) is 0.507. The third-order valence-electron chi connectivity index (χ3n) is 3.68. The molecule has 8 nitrogen and oxygen atoms in total. The summed E-state index contributed by atoms with van der Waals surface area (Å²) in [5.41, 5.74) is 5.59. The number of benzene rings is 1. The van der Waals surface area contributed by atoms with E-state index in [1.165, 1.54) is 6.07 Å². The van der Waals surface area contributed by atoms with Gasteiger partial charge < -0.3 is 21.5 Å². The molecule has 1 heterocycles. The van der Waals surface area contributed by atoms with Crippen molar-refractivity contribution in [2.24, 2.45) is 5.73 Å². The maximum absolute atomic E-state index is 13.9. The van der Waals surface area contributed by atoms with Crippen molar-refractivity contribution in [1.82, 2.24) is 15.6 Å². The van der Waals surface area contributed by atoms with E-state index in [0.717, 1.165) is 11.3 Å². The summed E-state index contributed by atoms with van der Waals surface area (Å²) in [6.07, 6.45) is 0.432. The van der Waals surface area contributed by atoms with Crippen LogP contribution in [-0.4, -0.2) is 40.6 Å². The molecule has 0 saturated carbocycles. The molecular weight excluding hydrogens is 375 g/mol. The van der Waals surface area contributed by atoms with E-state index in [-0.39, 0.29) is 23.4 Å². The lowest BCUT2D eigenvalue weighted by Crippen LogP contribution is -2.41. The lowest BCUT2D eigenvalue weighted by Gasteiger charge is -2.14. The molecule has 0 fully saturated rings. The molecule has 0 spiro atoms. The monoisotopic (exact) mass is 394 g/mol. The number of aliphatic carboxylic acids is 1. The summed E-state index contributed by atoms with van der Waals surface area (Å²) in [6, 6.07) is 4.23. The number of primary amides is 1. The van der Waals surface area contributed by atoms with Crippen molar-refractivity contribution in [3.63, 3.8) is 0 Å². The number of carbonyl (C=O) groups is 3. The molecule has 0 aliphatic rings.